The lowest BCUT2D eigenvalue weighted by molar-refractivity contribution is 1.29. The van der Waals surface area contributed by atoms with E-state index in [4.69, 9.17) is 0 Å². The summed E-state index contributed by atoms with van der Waals surface area (Å²) in [5.74, 6) is 0. The Kier molecular flexibility index (Phi) is 6.58. The minimum Gasteiger partial charge on any atom is -0.116 e. The third-order valence-electron chi connectivity index (χ3n) is 2.10. The van der Waals surface area contributed by atoms with Crippen LogP contribution in [-0.4, -0.2) is 20.0 Å². The van der Waals surface area contributed by atoms with E-state index in [2.05, 4.69) is 62.1 Å². The molecule has 0 bridgehead atoms. The average molecular weight is 228 g/mol. The number of hydrogen-bond donors (Lipinski definition) is 0. The van der Waals surface area contributed by atoms with Crippen LogP contribution in [0, 0.1) is 20.8 Å². The highest BCUT2D eigenvalue weighted by molar-refractivity contribution is 7.55. The normalized spacial score (nSPS) is 9.71. The summed E-state index contributed by atoms with van der Waals surface area (Å²) >= 11 is 0. The van der Waals surface area contributed by atoms with E-state index < -0.39 is 0 Å². The molecule has 14 heavy (non-hydrogen) atoms. The summed E-state index contributed by atoms with van der Waals surface area (Å²) in [6.07, 6.45) is 0. The fraction of sp³-hybridized carbons (Fsp3) is 0.500. The van der Waals surface area contributed by atoms with E-state index in [1.807, 2.05) is 0 Å². The molecule has 0 saturated heterocycles. The summed E-state index contributed by atoms with van der Waals surface area (Å²) in [6.45, 7) is 13.2. The van der Waals surface area contributed by atoms with Gasteiger partial charge in [0.2, 0.25) is 0 Å². The molecular formula is C12H22P2. The molecule has 0 radical (unpaired) electrons. The van der Waals surface area contributed by atoms with Crippen molar-refractivity contribution in [1.29, 1.82) is 0 Å². The Morgan fingerprint density at radius 2 is 1.36 bits per heavy atom. The zero-order valence-corrected chi connectivity index (χ0v) is 12.2. The smallest absolute Gasteiger partial charge is 0.0271 e. The number of benzene rings is 1. The predicted octanol–water partition coefficient (Wildman–Crippen LogP) is 3.47. The summed E-state index contributed by atoms with van der Waals surface area (Å²) in [7, 11) is 3.12. The Morgan fingerprint density at radius 1 is 0.929 bits per heavy atom. The van der Waals surface area contributed by atoms with E-state index in [0.29, 0.717) is 7.92 Å². The summed E-state index contributed by atoms with van der Waals surface area (Å²) in [4.78, 5) is 0. The van der Waals surface area contributed by atoms with E-state index >= 15 is 0 Å². The third kappa shape index (κ3) is 5.08. The fourth-order valence-corrected chi connectivity index (χ4v) is 1.29. The van der Waals surface area contributed by atoms with Crippen LogP contribution in [0.5, 0.6) is 0 Å². The van der Waals surface area contributed by atoms with Gasteiger partial charge < -0.3 is 0 Å². The maximum absolute atomic E-state index is 2.74. The second-order valence-electron chi connectivity index (χ2n) is 4.06. The van der Waals surface area contributed by atoms with Crippen LogP contribution in [0.15, 0.2) is 12.1 Å². The van der Waals surface area contributed by atoms with E-state index in [1.54, 1.807) is 0 Å². The fourth-order valence-electron chi connectivity index (χ4n) is 0.977. The Morgan fingerprint density at radius 3 is 1.71 bits per heavy atom. The summed E-state index contributed by atoms with van der Waals surface area (Å²) in [5.41, 5.74) is 4.18. The molecule has 80 valence electrons. The van der Waals surface area contributed by atoms with Crippen molar-refractivity contribution in [1.82, 2.24) is 0 Å². The average Bonchev–Trinajstić information content (AvgIpc) is 2.07. The molecule has 0 nitrogen and oxygen atoms in total. The first-order valence-corrected chi connectivity index (χ1v) is 8.05. The number of hydrogen-bond acceptors (Lipinski definition) is 0. The number of aryl methyl sites for hydroxylation is 1. The number of rotatable bonds is 0. The molecule has 0 aliphatic heterocycles. The van der Waals surface area contributed by atoms with E-state index in [-0.39, 0.29) is 0 Å². The quantitative estimate of drug-likeness (QED) is 0.596. The summed E-state index contributed by atoms with van der Waals surface area (Å²) < 4.78 is 0. The van der Waals surface area contributed by atoms with Gasteiger partial charge in [-0.05, 0) is 62.8 Å². The summed E-state index contributed by atoms with van der Waals surface area (Å²) in [6, 6.07) is 4.30. The minimum absolute atomic E-state index is 0.380. The molecule has 0 spiro atoms. The SMILES string of the molecule is CP(C)C.Cc1ccc(P)c(C)c1C. The van der Waals surface area contributed by atoms with Gasteiger partial charge in [-0.2, -0.15) is 0 Å². The maximum Gasteiger partial charge on any atom is -0.0271 e. The van der Waals surface area contributed by atoms with Gasteiger partial charge in [0.1, 0.15) is 0 Å². The molecule has 1 unspecified atom stereocenters. The Hall–Kier alpha value is 0.0800. The lowest BCUT2D eigenvalue weighted by Gasteiger charge is -2.05. The van der Waals surface area contributed by atoms with Crippen LogP contribution in [0.3, 0.4) is 0 Å². The molecule has 1 rings (SSSR count). The van der Waals surface area contributed by atoms with Crippen molar-refractivity contribution in [3.05, 3.63) is 28.8 Å². The van der Waals surface area contributed by atoms with E-state index in [1.165, 1.54) is 22.0 Å². The third-order valence-corrected chi connectivity index (χ3v) is 2.73. The molecule has 0 heterocycles. The van der Waals surface area contributed by atoms with Gasteiger partial charge in [-0.25, -0.2) is 0 Å². The molecule has 0 amide bonds. The van der Waals surface area contributed by atoms with Gasteiger partial charge in [0.15, 0.2) is 0 Å². The van der Waals surface area contributed by atoms with Crippen LogP contribution in [0.4, 0.5) is 0 Å². The van der Waals surface area contributed by atoms with E-state index in [0.717, 1.165) is 0 Å². The molecule has 1 atom stereocenters. The molecular weight excluding hydrogens is 206 g/mol. The van der Waals surface area contributed by atoms with Gasteiger partial charge in [-0.15, -0.1) is 17.2 Å². The Labute approximate surface area is 92.5 Å². The van der Waals surface area contributed by atoms with Gasteiger partial charge in [-0.1, -0.05) is 12.1 Å². The Balaban J connectivity index is 0.000000364. The second kappa shape index (κ2) is 6.54. The van der Waals surface area contributed by atoms with Crippen molar-refractivity contribution in [2.24, 2.45) is 0 Å². The van der Waals surface area contributed by atoms with Gasteiger partial charge in [0, 0.05) is 0 Å². The Bertz CT molecular complexity index is 261. The molecule has 1 aromatic rings. The molecule has 1 aromatic carbocycles. The lowest BCUT2D eigenvalue weighted by atomic mass is 10.1. The first-order valence-electron chi connectivity index (χ1n) is 4.79. The maximum atomic E-state index is 2.74. The highest BCUT2D eigenvalue weighted by atomic mass is 31.1. The zero-order chi connectivity index (χ0) is 11.3. The zero-order valence-electron chi connectivity index (χ0n) is 10.2. The molecule has 0 aliphatic rings. The van der Waals surface area contributed by atoms with Crippen molar-refractivity contribution in [2.45, 2.75) is 20.8 Å². The topological polar surface area (TPSA) is 0 Å². The molecule has 0 saturated carbocycles. The van der Waals surface area contributed by atoms with Gasteiger partial charge in [0.25, 0.3) is 0 Å². The minimum atomic E-state index is 0.380. The van der Waals surface area contributed by atoms with Crippen LogP contribution in [0.25, 0.3) is 0 Å². The molecule has 0 N–H and O–H groups in total. The van der Waals surface area contributed by atoms with Crippen molar-refractivity contribution in [3.8, 4) is 0 Å². The lowest BCUT2D eigenvalue weighted by Crippen LogP contribution is -2.00. The largest absolute Gasteiger partial charge is 0.116 e. The van der Waals surface area contributed by atoms with Gasteiger partial charge in [-0.3, -0.25) is 0 Å². The van der Waals surface area contributed by atoms with Gasteiger partial charge >= 0.3 is 0 Å². The highest BCUT2D eigenvalue weighted by Crippen LogP contribution is 2.14. The summed E-state index contributed by atoms with van der Waals surface area (Å²) in [5, 5.41) is 1.31. The van der Waals surface area contributed by atoms with Crippen molar-refractivity contribution < 1.29 is 0 Å². The van der Waals surface area contributed by atoms with Crippen LogP contribution in [0.1, 0.15) is 16.7 Å². The standard InChI is InChI=1S/C9H13P.C3H9P/c1-6-4-5-9(10)8(3)7(6)2;1-4(2)3/h4-5H,10H2,1-3H3;1-3H3. The van der Waals surface area contributed by atoms with Crippen LogP contribution in [0.2, 0.25) is 0 Å². The molecule has 0 aliphatic carbocycles. The van der Waals surface area contributed by atoms with Crippen LogP contribution < -0.4 is 5.30 Å². The first-order chi connectivity index (χ1) is 6.36. The highest BCUT2D eigenvalue weighted by Gasteiger charge is 1.97. The van der Waals surface area contributed by atoms with Crippen molar-refractivity contribution in [3.63, 3.8) is 0 Å². The van der Waals surface area contributed by atoms with Crippen LogP contribution >= 0.6 is 17.2 Å². The second-order valence-corrected chi connectivity index (χ2v) is 7.37. The van der Waals surface area contributed by atoms with Gasteiger partial charge in [0.05, 0.1) is 0 Å². The first kappa shape index (κ1) is 14.1. The molecule has 2 heteroatoms. The van der Waals surface area contributed by atoms with Crippen molar-refractivity contribution >= 4 is 22.5 Å². The monoisotopic (exact) mass is 228 g/mol. The van der Waals surface area contributed by atoms with Crippen molar-refractivity contribution in [2.75, 3.05) is 20.0 Å². The van der Waals surface area contributed by atoms with E-state index in [9.17, 15) is 0 Å². The van der Waals surface area contributed by atoms with Crippen LogP contribution in [-0.2, 0) is 0 Å². The molecule has 0 aromatic heterocycles. The molecule has 0 fully saturated rings. The predicted molar refractivity (Wildman–Crippen MR) is 74.7 cm³/mol.